The molecule has 1 amide bonds. The zero-order valence-electron chi connectivity index (χ0n) is 14.6. The molecule has 5 nitrogen and oxygen atoms in total. The van der Waals surface area contributed by atoms with Crippen LogP contribution < -0.4 is 20.1 Å². The standard InChI is InChI=1S/C18H28N2O3.ClH/c1-3-4-11-23-17-7-6-15(22-2)12-16(17)20-18(21)8-5-14-9-10-19-13-14;/h6-7,12,14,19H,3-5,8-11,13H2,1-2H3,(H,20,21);1H. The van der Waals surface area contributed by atoms with Crippen LogP contribution in [0.1, 0.15) is 39.0 Å². The fraction of sp³-hybridized carbons (Fsp3) is 0.611. The quantitative estimate of drug-likeness (QED) is 0.663. The third kappa shape index (κ3) is 6.57. The van der Waals surface area contributed by atoms with Crippen LogP contribution in [0.15, 0.2) is 18.2 Å². The maximum atomic E-state index is 12.2. The van der Waals surface area contributed by atoms with Gasteiger partial charge in [-0.15, -0.1) is 12.4 Å². The van der Waals surface area contributed by atoms with E-state index in [0.29, 0.717) is 36.1 Å². The number of halogens is 1. The van der Waals surface area contributed by atoms with Gasteiger partial charge in [-0.1, -0.05) is 13.3 Å². The average Bonchev–Trinajstić information content (AvgIpc) is 3.08. The molecule has 1 heterocycles. The molecule has 1 aliphatic heterocycles. The van der Waals surface area contributed by atoms with Gasteiger partial charge >= 0.3 is 0 Å². The van der Waals surface area contributed by atoms with E-state index in [1.54, 1.807) is 7.11 Å². The molecule has 2 N–H and O–H groups in total. The van der Waals surface area contributed by atoms with Gasteiger partial charge in [0, 0.05) is 12.5 Å². The molecular formula is C18H29ClN2O3. The molecule has 1 atom stereocenters. The lowest BCUT2D eigenvalue weighted by Gasteiger charge is -2.14. The normalized spacial score (nSPS) is 16.3. The van der Waals surface area contributed by atoms with Crippen molar-refractivity contribution < 1.29 is 14.3 Å². The molecule has 1 aliphatic rings. The van der Waals surface area contributed by atoms with Crippen LogP contribution in [0.3, 0.4) is 0 Å². The summed E-state index contributed by atoms with van der Waals surface area (Å²) >= 11 is 0. The second-order valence-electron chi connectivity index (χ2n) is 6.01. The highest BCUT2D eigenvalue weighted by atomic mass is 35.5. The first kappa shape index (κ1) is 20.6. The van der Waals surface area contributed by atoms with Crippen molar-refractivity contribution in [1.82, 2.24) is 5.32 Å². The van der Waals surface area contributed by atoms with E-state index in [1.165, 1.54) is 0 Å². The van der Waals surface area contributed by atoms with Crippen molar-refractivity contribution in [3.63, 3.8) is 0 Å². The number of benzene rings is 1. The number of ether oxygens (including phenoxy) is 2. The number of hydrogen-bond acceptors (Lipinski definition) is 4. The minimum absolute atomic E-state index is 0. The molecule has 1 unspecified atom stereocenters. The lowest BCUT2D eigenvalue weighted by molar-refractivity contribution is -0.116. The van der Waals surface area contributed by atoms with Gasteiger partial charge in [0.1, 0.15) is 11.5 Å². The Morgan fingerprint density at radius 3 is 2.92 bits per heavy atom. The van der Waals surface area contributed by atoms with Gasteiger partial charge in [-0.05, 0) is 50.4 Å². The number of unbranched alkanes of at least 4 members (excludes halogenated alkanes) is 1. The van der Waals surface area contributed by atoms with E-state index in [9.17, 15) is 4.79 Å². The minimum atomic E-state index is 0. The summed E-state index contributed by atoms with van der Waals surface area (Å²) in [6.45, 7) is 4.87. The molecule has 136 valence electrons. The van der Waals surface area contributed by atoms with Crippen LogP contribution in [-0.4, -0.2) is 32.7 Å². The van der Waals surface area contributed by atoms with Gasteiger partial charge in [-0.25, -0.2) is 0 Å². The fourth-order valence-corrected chi connectivity index (χ4v) is 2.69. The first-order chi connectivity index (χ1) is 11.2. The Morgan fingerprint density at radius 2 is 2.25 bits per heavy atom. The summed E-state index contributed by atoms with van der Waals surface area (Å²) in [4.78, 5) is 12.2. The van der Waals surface area contributed by atoms with E-state index < -0.39 is 0 Å². The predicted octanol–water partition coefficient (Wildman–Crippen LogP) is 3.62. The number of carbonyl (C=O) groups excluding carboxylic acids is 1. The summed E-state index contributed by atoms with van der Waals surface area (Å²) < 4.78 is 11.0. The molecule has 2 rings (SSSR count). The van der Waals surface area contributed by atoms with Gasteiger partial charge in [0.05, 0.1) is 19.4 Å². The second-order valence-corrected chi connectivity index (χ2v) is 6.01. The molecule has 6 heteroatoms. The zero-order valence-corrected chi connectivity index (χ0v) is 15.4. The SMILES string of the molecule is CCCCOc1ccc(OC)cc1NC(=O)CCC1CCNC1.Cl. The number of methoxy groups -OCH3 is 1. The highest BCUT2D eigenvalue weighted by Gasteiger charge is 2.16. The summed E-state index contributed by atoms with van der Waals surface area (Å²) in [7, 11) is 1.62. The van der Waals surface area contributed by atoms with Crippen LogP contribution in [0.5, 0.6) is 11.5 Å². The minimum Gasteiger partial charge on any atom is -0.497 e. The smallest absolute Gasteiger partial charge is 0.224 e. The lowest BCUT2D eigenvalue weighted by atomic mass is 10.0. The number of hydrogen-bond donors (Lipinski definition) is 2. The molecule has 0 saturated carbocycles. The second kappa shape index (κ2) is 11.2. The van der Waals surface area contributed by atoms with E-state index in [-0.39, 0.29) is 18.3 Å². The summed E-state index contributed by atoms with van der Waals surface area (Å²) in [5.74, 6) is 2.06. The molecule has 1 fully saturated rings. The zero-order chi connectivity index (χ0) is 16.5. The molecule has 1 saturated heterocycles. The number of anilines is 1. The van der Waals surface area contributed by atoms with E-state index in [2.05, 4.69) is 17.6 Å². The van der Waals surface area contributed by atoms with Crippen molar-refractivity contribution in [2.24, 2.45) is 5.92 Å². The summed E-state index contributed by atoms with van der Waals surface area (Å²) in [6.07, 6.45) is 4.70. The third-order valence-corrected chi connectivity index (χ3v) is 4.16. The maximum absolute atomic E-state index is 12.2. The van der Waals surface area contributed by atoms with Crippen LogP contribution in [0.25, 0.3) is 0 Å². The van der Waals surface area contributed by atoms with Crippen LogP contribution in [0.2, 0.25) is 0 Å². The highest BCUT2D eigenvalue weighted by Crippen LogP contribution is 2.30. The van der Waals surface area contributed by atoms with Crippen molar-refractivity contribution in [2.75, 3.05) is 32.1 Å². The van der Waals surface area contributed by atoms with Crippen LogP contribution >= 0.6 is 12.4 Å². The van der Waals surface area contributed by atoms with Crippen molar-refractivity contribution in [3.8, 4) is 11.5 Å². The van der Waals surface area contributed by atoms with E-state index in [1.807, 2.05) is 18.2 Å². The fourth-order valence-electron chi connectivity index (χ4n) is 2.69. The number of carbonyl (C=O) groups is 1. The number of nitrogens with one attached hydrogen (secondary N) is 2. The third-order valence-electron chi connectivity index (χ3n) is 4.16. The highest BCUT2D eigenvalue weighted by molar-refractivity contribution is 5.92. The van der Waals surface area contributed by atoms with Crippen molar-refractivity contribution in [3.05, 3.63) is 18.2 Å². The first-order valence-corrected chi connectivity index (χ1v) is 8.54. The van der Waals surface area contributed by atoms with Crippen molar-refractivity contribution >= 4 is 24.0 Å². The van der Waals surface area contributed by atoms with Crippen LogP contribution in [-0.2, 0) is 4.79 Å². The largest absolute Gasteiger partial charge is 0.497 e. The van der Waals surface area contributed by atoms with Crippen molar-refractivity contribution in [1.29, 1.82) is 0 Å². The lowest BCUT2D eigenvalue weighted by Crippen LogP contribution is -2.15. The molecule has 1 aromatic rings. The Bertz CT molecular complexity index is 505. The average molecular weight is 357 g/mol. The Kier molecular flexibility index (Phi) is 9.57. The van der Waals surface area contributed by atoms with Crippen LogP contribution in [0, 0.1) is 5.92 Å². The van der Waals surface area contributed by atoms with Gasteiger partial charge in [-0.3, -0.25) is 4.79 Å². The monoisotopic (exact) mass is 356 g/mol. The molecule has 0 bridgehead atoms. The number of rotatable bonds is 9. The van der Waals surface area contributed by atoms with Gasteiger partial charge in [0.25, 0.3) is 0 Å². The van der Waals surface area contributed by atoms with E-state index >= 15 is 0 Å². The summed E-state index contributed by atoms with van der Waals surface area (Å²) in [5.41, 5.74) is 0.690. The van der Waals surface area contributed by atoms with Gasteiger partial charge < -0.3 is 20.1 Å². The van der Waals surface area contributed by atoms with Gasteiger partial charge in [0.15, 0.2) is 0 Å². The topological polar surface area (TPSA) is 59.6 Å². The Labute approximate surface area is 150 Å². The molecule has 0 radical (unpaired) electrons. The van der Waals surface area contributed by atoms with Crippen molar-refractivity contribution in [2.45, 2.75) is 39.0 Å². The maximum Gasteiger partial charge on any atom is 0.224 e. The van der Waals surface area contributed by atoms with Crippen LogP contribution in [0.4, 0.5) is 5.69 Å². The van der Waals surface area contributed by atoms with Gasteiger partial charge in [-0.2, -0.15) is 0 Å². The van der Waals surface area contributed by atoms with Gasteiger partial charge in [0.2, 0.25) is 5.91 Å². The molecule has 0 spiro atoms. The molecular weight excluding hydrogens is 328 g/mol. The Balaban J connectivity index is 0.00000288. The molecule has 1 aromatic carbocycles. The summed E-state index contributed by atoms with van der Waals surface area (Å²) in [5, 5.41) is 6.30. The molecule has 0 aromatic heterocycles. The first-order valence-electron chi connectivity index (χ1n) is 8.54. The molecule has 24 heavy (non-hydrogen) atoms. The van der Waals surface area contributed by atoms with E-state index in [0.717, 1.165) is 38.8 Å². The molecule has 0 aliphatic carbocycles. The Morgan fingerprint density at radius 1 is 1.42 bits per heavy atom. The summed E-state index contributed by atoms with van der Waals surface area (Å²) in [6, 6.07) is 5.52. The Hall–Kier alpha value is -1.46. The number of amides is 1. The predicted molar refractivity (Wildman–Crippen MR) is 99.5 cm³/mol. The van der Waals surface area contributed by atoms with E-state index in [4.69, 9.17) is 9.47 Å².